The molecule has 1 saturated carbocycles. The Kier molecular flexibility index (Phi) is 2.94. The van der Waals surface area contributed by atoms with Crippen molar-refractivity contribution in [1.82, 2.24) is 9.97 Å². The Morgan fingerprint density at radius 1 is 1.50 bits per heavy atom. The van der Waals surface area contributed by atoms with Crippen molar-refractivity contribution in [3.05, 3.63) is 12.0 Å². The van der Waals surface area contributed by atoms with Gasteiger partial charge in [-0.1, -0.05) is 13.3 Å². The van der Waals surface area contributed by atoms with Crippen LogP contribution >= 0.6 is 0 Å². The van der Waals surface area contributed by atoms with Crippen molar-refractivity contribution in [3.63, 3.8) is 0 Å². The van der Waals surface area contributed by atoms with E-state index in [-0.39, 0.29) is 5.82 Å². The highest BCUT2D eigenvalue weighted by molar-refractivity contribution is 5.41. The van der Waals surface area contributed by atoms with E-state index >= 15 is 0 Å². The number of rotatable bonds is 4. The first kappa shape index (κ1) is 11.1. The standard InChI is InChI=1S/C11H17FN4/c1-11(4-3-5-11)7-15-9-8(12)6-14-10(13-2)16-9/h6H,3-5,7H2,1-2H3,(H2,13,14,15,16). The van der Waals surface area contributed by atoms with E-state index < -0.39 is 5.82 Å². The van der Waals surface area contributed by atoms with Crippen LogP contribution in [0.1, 0.15) is 26.2 Å². The molecule has 4 nitrogen and oxygen atoms in total. The summed E-state index contributed by atoms with van der Waals surface area (Å²) in [4.78, 5) is 7.84. The molecule has 2 rings (SSSR count). The van der Waals surface area contributed by atoms with Crippen molar-refractivity contribution in [2.24, 2.45) is 5.41 Å². The van der Waals surface area contributed by atoms with Crippen molar-refractivity contribution in [2.75, 3.05) is 24.2 Å². The third-order valence-corrected chi connectivity index (χ3v) is 3.21. The van der Waals surface area contributed by atoms with Crippen LogP contribution in [0.25, 0.3) is 0 Å². The van der Waals surface area contributed by atoms with Crippen LogP contribution in [0.4, 0.5) is 16.2 Å². The van der Waals surface area contributed by atoms with Crippen molar-refractivity contribution < 1.29 is 4.39 Å². The SMILES string of the molecule is CNc1ncc(F)c(NCC2(C)CCC2)n1. The Hall–Kier alpha value is -1.39. The molecule has 0 aliphatic heterocycles. The van der Waals surface area contributed by atoms with Gasteiger partial charge in [0.05, 0.1) is 6.20 Å². The van der Waals surface area contributed by atoms with Crippen LogP contribution in [0.2, 0.25) is 0 Å². The first-order valence-corrected chi connectivity index (χ1v) is 5.57. The molecule has 5 heteroatoms. The van der Waals surface area contributed by atoms with Gasteiger partial charge in [0.15, 0.2) is 11.6 Å². The van der Waals surface area contributed by atoms with Gasteiger partial charge in [0.25, 0.3) is 0 Å². The summed E-state index contributed by atoms with van der Waals surface area (Å²) in [7, 11) is 1.71. The van der Waals surface area contributed by atoms with Crippen molar-refractivity contribution in [3.8, 4) is 0 Å². The van der Waals surface area contributed by atoms with Gasteiger partial charge < -0.3 is 10.6 Å². The van der Waals surface area contributed by atoms with Crippen molar-refractivity contribution in [1.29, 1.82) is 0 Å². The predicted molar refractivity (Wildman–Crippen MR) is 62.0 cm³/mol. The lowest BCUT2D eigenvalue weighted by Crippen LogP contribution is -2.33. The minimum atomic E-state index is -0.401. The first-order valence-electron chi connectivity index (χ1n) is 5.57. The molecule has 0 saturated heterocycles. The number of aromatic nitrogens is 2. The second kappa shape index (κ2) is 4.23. The molecule has 16 heavy (non-hydrogen) atoms. The second-order valence-corrected chi connectivity index (χ2v) is 4.66. The molecule has 0 unspecified atom stereocenters. The number of nitrogens with zero attached hydrogens (tertiary/aromatic N) is 2. The fraction of sp³-hybridized carbons (Fsp3) is 0.636. The van der Waals surface area contributed by atoms with Gasteiger partial charge in [0.2, 0.25) is 5.95 Å². The highest BCUT2D eigenvalue weighted by atomic mass is 19.1. The van der Waals surface area contributed by atoms with Crippen LogP contribution in [0.15, 0.2) is 6.20 Å². The minimum Gasteiger partial charge on any atom is -0.367 e. The van der Waals surface area contributed by atoms with Gasteiger partial charge >= 0.3 is 0 Å². The lowest BCUT2D eigenvalue weighted by molar-refractivity contribution is 0.179. The quantitative estimate of drug-likeness (QED) is 0.823. The topological polar surface area (TPSA) is 49.8 Å². The number of hydrogen-bond acceptors (Lipinski definition) is 4. The summed E-state index contributed by atoms with van der Waals surface area (Å²) < 4.78 is 13.4. The van der Waals surface area contributed by atoms with Crippen LogP contribution in [-0.2, 0) is 0 Å². The molecule has 1 aliphatic carbocycles. The fourth-order valence-electron chi connectivity index (χ4n) is 1.87. The summed E-state index contributed by atoms with van der Waals surface area (Å²) in [6.45, 7) is 2.98. The second-order valence-electron chi connectivity index (χ2n) is 4.66. The summed E-state index contributed by atoms with van der Waals surface area (Å²) in [6, 6.07) is 0. The van der Waals surface area contributed by atoms with E-state index in [1.165, 1.54) is 25.5 Å². The Labute approximate surface area is 94.7 Å². The smallest absolute Gasteiger partial charge is 0.224 e. The molecule has 1 heterocycles. The molecule has 0 spiro atoms. The van der Waals surface area contributed by atoms with Gasteiger partial charge in [-0.15, -0.1) is 0 Å². The van der Waals surface area contributed by atoms with Crippen LogP contribution in [0.5, 0.6) is 0 Å². The monoisotopic (exact) mass is 224 g/mol. The van der Waals surface area contributed by atoms with E-state index in [1.807, 2.05) is 0 Å². The van der Waals surface area contributed by atoms with Crippen LogP contribution < -0.4 is 10.6 Å². The largest absolute Gasteiger partial charge is 0.367 e. The molecule has 0 aromatic carbocycles. The molecule has 1 aliphatic rings. The van der Waals surface area contributed by atoms with E-state index in [2.05, 4.69) is 27.5 Å². The molecule has 1 aromatic heterocycles. The molecular weight excluding hydrogens is 207 g/mol. The zero-order chi connectivity index (χ0) is 11.6. The summed E-state index contributed by atoms with van der Waals surface area (Å²) in [5.74, 6) is 0.317. The van der Waals surface area contributed by atoms with E-state index in [0.717, 1.165) is 6.54 Å². The number of hydrogen-bond donors (Lipinski definition) is 2. The third kappa shape index (κ3) is 2.23. The highest BCUT2D eigenvalue weighted by Crippen LogP contribution is 2.40. The van der Waals surface area contributed by atoms with Gasteiger partial charge in [-0.3, -0.25) is 0 Å². The average Bonchev–Trinajstić information content (AvgIpc) is 2.25. The van der Waals surface area contributed by atoms with Crippen LogP contribution in [-0.4, -0.2) is 23.6 Å². The van der Waals surface area contributed by atoms with Crippen molar-refractivity contribution >= 4 is 11.8 Å². The minimum absolute atomic E-state index is 0.285. The summed E-state index contributed by atoms with van der Waals surface area (Å²) in [5, 5.41) is 5.85. The maximum absolute atomic E-state index is 13.4. The number of nitrogens with one attached hydrogen (secondary N) is 2. The Bertz CT molecular complexity index is 376. The first-order chi connectivity index (χ1) is 7.63. The zero-order valence-corrected chi connectivity index (χ0v) is 9.68. The fourth-order valence-corrected chi connectivity index (χ4v) is 1.87. The van der Waals surface area contributed by atoms with Gasteiger partial charge in [0.1, 0.15) is 0 Å². The Balaban J connectivity index is 2.02. The Morgan fingerprint density at radius 3 is 2.81 bits per heavy atom. The molecule has 88 valence electrons. The molecule has 1 fully saturated rings. The number of halogens is 1. The van der Waals surface area contributed by atoms with Gasteiger partial charge in [-0.25, -0.2) is 9.37 Å². The van der Waals surface area contributed by atoms with Crippen molar-refractivity contribution in [2.45, 2.75) is 26.2 Å². The summed E-state index contributed by atoms with van der Waals surface area (Å²) in [5.41, 5.74) is 0.303. The summed E-state index contributed by atoms with van der Waals surface area (Å²) >= 11 is 0. The molecule has 2 N–H and O–H groups in total. The lowest BCUT2D eigenvalue weighted by atomic mass is 9.70. The van der Waals surface area contributed by atoms with E-state index in [1.54, 1.807) is 7.05 Å². The molecule has 0 amide bonds. The normalized spacial score (nSPS) is 17.7. The number of anilines is 2. The molecule has 0 atom stereocenters. The predicted octanol–water partition coefficient (Wildman–Crippen LogP) is 2.26. The van der Waals surface area contributed by atoms with E-state index in [9.17, 15) is 4.39 Å². The lowest BCUT2D eigenvalue weighted by Gasteiger charge is -2.38. The highest BCUT2D eigenvalue weighted by Gasteiger charge is 2.31. The van der Waals surface area contributed by atoms with Gasteiger partial charge in [0, 0.05) is 13.6 Å². The Morgan fingerprint density at radius 2 is 2.25 bits per heavy atom. The van der Waals surface area contributed by atoms with E-state index in [4.69, 9.17) is 0 Å². The molecular formula is C11H17FN4. The molecule has 1 aromatic rings. The molecule has 0 radical (unpaired) electrons. The van der Waals surface area contributed by atoms with Gasteiger partial charge in [-0.05, 0) is 18.3 Å². The summed E-state index contributed by atoms with van der Waals surface area (Å²) in [6.07, 6.45) is 4.85. The average molecular weight is 224 g/mol. The third-order valence-electron chi connectivity index (χ3n) is 3.21. The van der Waals surface area contributed by atoms with Gasteiger partial charge in [-0.2, -0.15) is 4.98 Å². The van der Waals surface area contributed by atoms with Crippen LogP contribution in [0.3, 0.4) is 0 Å². The zero-order valence-electron chi connectivity index (χ0n) is 9.68. The maximum atomic E-state index is 13.4. The maximum Gasteiger partial charge on any atom is 0.224 e. The molecule has 0 bridgehead atoms. The van der Waals surface area contributed by atoms with Crippen LogP contribution in [0, 0.1) is 11.2 Å². The van der Waals surface area contributed by atoms with E-state index in [0.29, 0.717) is 11.4 Å².